The lowest BCUT2D eigenvalue weighted by Gasteiger charge is -2.35. The smallest absolute Gasteiger partial charge is 0.320 e. The monoisotopic (exact) mass is 967 g/mol. The van der Waals surface area contributed by atoms with E-state index in [4.69, 9.17) is 28.4 Å². The normalized spacial score (nSPS) is 15.8. The van der Waals surface area contributed by atoms with Crippen molar-refractivity contribution in [2.75, 3.05) is 78.9 Å². The van der Waals surface area contributed by atoms with Crippen molar-refractivity contribution in [2.24, 2.45) is 17.8 Å². The highest BCUT2D eigenvalue weighted by molar-refractivity contribution is 5.79. The number of hydrogen-bond donors (Lipinski definition) is 0. The van der Waals surface area contributed by atoms with Crippen LogP contribution >= 0.6 is 0 Å². The number of ether oxygens (including phenoxy) is 6. The molecule has 68 heavy (non-hydrogen) atoms. The highest BCUT2D eigenvalue weighted by Crippen LogP contribution is 2.36. The first kappa shape index (κ1) is 62.8. The van der Waals surface area contributed by atoms with E-state index in [0.717, 1.165) is 116 Å². The quantitative estimate of drug-likeness (QED) is 0.0322. The predicted octanol–water partition coefficient (Wildman–Crippen LogP) is 10.7. The summed E-state index contributed by atoms with van der Waals surface area (Å²) in [7, 11) is 0. The van der Waals surface area contributed by atoms with E-state index < -0.39 is 35.8 Å². The fourth-order valence-corrected chi connectivity index (χ4v) is 8.68. The Morgan fingerprint density at radius 1 is 0.338 bits per heavy atom. The number of unbranched alkanes of at least 4 members (excludes halogenated alkanes) is 20. The van der Waals surface area contributed by atoms with Gasteiger partial charge in [0.1, 0.15) is 0 Å². The third-order valence-electron chi connectivity index (χ3n) is 12.9. The Morgan fingerprint density at radius 3 is 0.926 bits per heavy atom. The van der Waals surface area contributed by atoms with Crippen LogP contribution < -0.4 is 0 Å². The number of hydrogen-bond acceptors (Lipinski definition) is 14. The highest BCUT2D eigenvalue weighted by atomic mass is 16.6. The molecule has 0 saturated heterocycles. The van der Waals surface area contributed by atoms with Gasteiger partial charge >= 0.3 is 35.8 Å². The molecule has 3 atom stereocenters. The minimum Gasteiger partial charge on any atom is -0.465 e. The fraction of sp³-hybridized carbons (Fsp3) is 0.889. The topological polar surface area (TPSA) is 164 Å². The van der Waals surface area contributed by atoms with Gasteiger partial charge in [-0.2, -0.15) is 0 Å². The second-order valence-electron chi connectivity index (χ2n) is 19.2. The number of rotatable bonds is 45. The highest BCUT2D eigenvalue weighted by Gasteiger charge is 2.32. The summed E-state index contributed by atoms with van der Waals surface area (Å²) in [5.74, 6) is -2.57. The van der Waals surface area contributed by atoms with E-state index >= 15 is 0 Å². The van der Waals surface area contributed by atoms with Crippen LogP contribution in [0.4, 0.5) is 0 Å². The van der Waals surface area contributed by atoms with Crippen molar-refractivity contribution >= 4 is 35.8 Å². The van der Waals surface area contributed by atoms with Gasteiger partial charge in [-0.05, 0) is 62.7 Å². The first-order valence-corrected chi connectivity index (χ1v) is 27.4. The van der Waals surface area contributed by atoms with Crippen LogP contribution in [0.2, 0.25) is 0 Å². The summed E-state index contributed by atoms with van der Waals surface area (Å²) in [6, 6.07) is 0. The predicted molar refractivity (Wildman–Crippen MR) is 267 cm³/mol. The number of carbonyl (C=O) groups is 6. The second-order valence-corrected chi connectivity index (χ2v) is 19.2. The van der Waals surface area contributed by atoms with Crippen molar-refractivity contribution < 1.29 is 57.2 Å². The van der Waals surface area contributed by atoms with E-state index in [-0.39, 0.29) is 70.2 Å². The van der Waals surface area contributed by atoms with Crippen LogP contribution in [0.15, 0.2) is 0 Å². The molecule has 0 radical (unpaired) electrons. The molecule has 0 bridgehead atoms. The molecule has 0 aromatic rings. The van der Waals surface area contributed by atoms with Crippen molar-refractivity contribution in [2.45, 2.75) is 214 Å². The lowest BCUT2D eigenvalue weighted by molar-refractivity contribution is -0.156. The van der Waals surface area contributed by atoms with Gasteiger partial charge in [0.25, 0.3) is 0 Å². The minimum absolute atomic E-state index is 0.106. The van der Waals surface area contributed by atoms with Crippen LogP contribution in [0.1, 0.15) is 214 Å². The van der Waals surface area contributed by atoms with Crippen molar-refractivity contribution in [1.82, 2.24) is 9.80 Å². The number of carbonyl (C=O) groups excluding carboxylic acids is 6. The van der Waals surface area contributed by atoms with E-state index in [2.05, 4.69) is 34.6 Å². The molecule has 0 amide bonds. The SMILES string of the molecule is CCCCCCCCOC(=O)CN(CC(=O)OCCCCCCCC)CC(=O)OC[C@@H]1CC[C@@H](COC(=O)CN(CC(=O)OCCCCCCCC)CC(=O)OCCCCCCCC)C(CC)C1. The molecule has 0 spiro atoms. The molecule has 0 aliphatic heterocycles. The Labute approximate surface area is 412 Å². The molecule has 0 heterocycles. The maximum absolute atomic E-state index is 13.2. The molecular weight excluding hydrogens is 869 g/mol. The molecule has 1 aliphatic carbocycles. The Balaban J connectivity index is 2.70. The maximum Gasteiger partial charge on any atom is 0.320 e. The van der Waals surface area contributed by atoms with Crippen molar-refractivity contribution in [3.63, 3.8) is 0 Å². The zero-order valence-electron chi connectivity index (χ0n) is 43.8. The van der Waals surface area contributed by atoms with Crippen molar-refractivity contribution in [3.05, 3.63) is 0 Å². The molecule has 396 valence electrons. The summed E-state index contributed by atoms with van der Waals surface area (Å²) in [5.41, 5.74) is 0. The molecule has 1 fully saturated rings. The van der Waals surface area contributed by atoms with Gasteiger partial charge in [-0.1, -0.05) is 169 Å². The van der Waals surface area contributed by atoms with Crippen LogP contribution in [-0.4, -0.2) is 125 Å². The van der Waals surface area contributed by atoms with E-state index in [1.807, 2.05) is 0 Å². The zero-order valence-corrected chi connectivity index (χ0v) is 43.8. The van der Waals surface area contributed by atoms with Gasteiger partial charge in [0.15, 0.2) is 0 Å². The third-order valence-corrected chi connectivity index (χ3v) is 12.9. The molecule has 0 aromatic carbocycles. The average Bonchev–Trinajstić information content (AvgIpc) is 3.31. The average molecular weight is 967 g/mol. The Bertz CT molecular complexity index is 1250. The standard InChI is InChI=1S/C54H98N2O12/c1-6-11-15-19-23-27-33-63-49(57)38-55(39-50(58)64-34-28-24-20-16-12-7-2)42-53(61)67-44-46-31-32-48(47(10-5)37-46)45-68-54(62)43-56(40-51(59)65-35-29-25-21-17-13-8-3)41-52(60)66-36-30-26-22-18-14-9-4/h46-48H,6-45H2,1-5H3/t46-,47?,48+/m1/s1. The van der Waals surface area contributed by atoms with Gasteiger partial charge in [0.2, 0.25) is 0 Å². The zero-order chi connectivity index (χ0) is 49.9. The number of nitrogens with zero attached hydrogens (tertiary/aromatic N) is 2. The van der Waals surface area contributed by atoms with Crippen LogP contribution in [0.25, 0.3) is 0 Å². The molecule has 1 aliphatic rings. The lowest BCUT2D eigenvalue weighted by Crippen LogP contribution is -2.41. The van der Waals surface area contributed by atoms with Crippen molar-refractivity contribution in [3.8, 4) is 0 Å². The van der Waals surface area contributed by atoms with Gasteiger partial charge in [-0.25, -0.2) is 0 Å². The van der Waals surface area contributed by atoms with E-state index in [1.54, 1.807) is 0 Å². The largest absolute Gasteiger partial charge is 0.465 e. The Hall–Kier alpha value is -3.26. The molecule has 0 N–H and O–H groups in total. The summed E-state index contributed by atoms with van der Waals surface area (Å²) in [5, 5.41) is 0. The van der Waals surface area contributed by atoms with Gasteiger partial charge in [0.05, 0.1) is 78.9 Å². The first-order valence-electron chi connectivity index (χ1n) is 27.4. The fourth-order valence-electron chi connectivity index (χ4n) is 8.68. The first-order chi connectivity index (χ1) is 33.0. The van der Waals surface area contributed by atoms with E-state index in [1.165, 1.54) is 74.0 Å². The van der Waals surface area contributed by atoms with Gasteiger partial charge < -0.3 is 28.4 Å². The van der Waals surface area contributed by atoms with Gasteiger partial charge in [0, 0.05) is 0 Å². The molecule has 1 unspecified atom stereocenters. The molecule has 1 saturated carbocycles. The Kier molecular flexibility index (Phi) is 40.4. The summed E-state index contributed by atoms with van der Waals surface area (Å²) >= 11 is 0. The molecule has 14 nitrogen and oxygen atoms in total. The molecule has 14 heteroatoms. The summed E-state index contributed by atoms with van der Waals surface area (Å²) < 4.78 is 33.4. The van der Waals surface area contributed by atoms with Crippen LogP contribution in [-0.2, 0) is 57.2 Å². The molecular formula is C54H98N2O12. The molecule has 1 rings (SSSR count). The summed E-state index contributed by atoms with van der Waals surface area (Å²) in [6.45, 7) is 11.0. The summed E-state index contributed by atoms with van der Waals surface area (Å²) in [4.78, 5) is 80.5. The van der Waals surface area contributed by atoms with Gasteiger partial charge in [-0.3, -0.25) is 38.6 Å². The minimum atomic E-state index is -0.524. The second kappa shape index (κ2) is 43.7. The van der Waals surface area contributed by atoms with Crippen LogP contribution in [0.3, 0.4) is 0 Å². The van der Waals surface area contributed by atoms with Crippen LogP contribution in [0.5, 0.6) is 0 Å². The van der Waals surface area contributed by atoms with Gasteiger partial charge in [-0.15, -0.1) is 0 Å². The number of esters is 6. The van der Waals surface area contributed by atoms with Crippen molar-refractivity contribution in [1.29, 1.82) is 0 Å². The summed E-state index contributed by atoms with van der Waals surface area (Å²) in [6.07, 6.45) is 28.7. The lowest BCUT2D eigenvalue weighted by atomic mass is 9.73. The van der Waals surface area contributed by atoms with Crippen LogP contribution in [0, 0.1) is 17.8 Å². The maximum atomic E-state index is 13.2. The third kappa shape index (κ3) is 35.8. The molecule has 0 aromatic heterocycles. The van der Waals surface area contributed by atoms with E-state index in [9.17, 15) is 28.8 Å². The Morgan fingerprint density at radius 2 is 0.618 bits per heavy atom. The van der Waals surface area contributed by atoms with E-state index in [0.29, 0.717) is 26.4 Å².